The molecule has 0 atom stereocenters. The Hall–Kier alpha value is -2.98. The van der Waals surface area contributed by atoms with E-state index in [1.807, 2.05) is 30.3 Å². The molecule has 136 valence electrons. The van der Waals surface area contributed by atoms with Crippen molar-refractivity contribution in [3.63, 3.8) is 0 Å². The van der Waals surface area contributed by atoms with E-state index in [2.05, 4.69) is 15.3 Å². The number of hydrogen-bond donors (Lipinski definition) is 0. The summed E-state index contributed by atoms with van der Waals surface area (Å²) in [5, 5.41) is 24.3. The Morgan fingerprint density at radius 3 is 2.63 bits per heavy atom. The van der Waals surface area contributed by atoms with Crippen LogP contribution in [-0.2, 0) is 12.4 Å². The topological polar surface area (TPSA) is 95.5 Å². The molecular formula is C17H13N5O3S2. The molecule has 2 aromatic heterocycles. The summed E-state index contributed by atoms with van der Waals surface area (Å²) < 4.78 is 7.38. The Labute approximate surface area is 162 Å². The van der Waals surface area contributed by atoms with E-state index in [4.69, 9.17) is 4.74 Å². The number of nitrogens with zero attached hydrogens (tertiary/aromatic N) is 5. The first-order chi connectivity index (χ1) is 13.2. The summed E-state index contributed by atoms with van der Waals surface area (Å²) in [5.74, 6) is 1.99. The van der Waals surface area contributed by atoms with Crippen molar-refractivity contribution in [1.82, 2.24) is 19.8 Å². The van der Waals surface area contributed by atoms with E-state index in [-0.39, 0.29) is 12.3 Å². The molecule has 0 saturated heterocycles. The third-order valence-electron chi connectivity index (χ3n) is 3.62. The summed E-state index contributed by atoms with van der Waals surface area (Å²) in [6, 6.07) is 16.0. The summed E-state index contributed by atoms with van der Waals surface area (Å²) in [6.07, 6.45) is 0. The summed E-state index contributed by atoms with van der Waals surface area (Å²) >= 11 is 3.07. The number of rotatable bonds is 7. The third kappa shape index (κ3) is 4.07. The Bertz CT molecular complexity index is 1060. The van der Waals surface area contributed by atoms with Crippen molar-refractivity contribution in [3.05, 3.63) is 75.5 Å². The minimum Gasteiger partial charge on any atom is -0.486 e. The molecule has 10 heteroatoms. The van der Waals surface area contributed by atoms with E-state index in [0.29, 0.717) is 16.5 Å². The molecule has 0 aliphatic heterocycles. The van der Waals surface area contributed by atoms with Gasteiger partial charge in [0, 0.05) is 17.0 Å². The zero-order chi connectivity index (χ0) is 18.6. The van der Waals surface area contributed by atoms with Gasteiger partial charge >= 0.3 is 0 Å². The maximum Gasteiger partial charge on any atom is 0.269 e. The predicted octanol–water partition coefficient (Wildman–Crippen LogP) is 3.97. The summed E-state index contributed by atoms with van der Waals surface area (Å²) in [5.41, 5.74) is 0.0294. The first kappa shape index (κ1) is 17.4. The molecule has 0 aliphatic rings. The zero-order valence-electron chi connectivity index (χ0n) is 13.9. The van der Waals surface area contributed by atoms with Gasteiger partial charge in [-0.1, -0.05) is 29.5 Å². The number of nitro groups is 1. The molecule has 0 unspecified atom stereocenters. The van der Waals surface area contributed by atoms with Crippen LogP contribution in [0.3, 0.4) is 0 Å². The largest absolute Gasteiger partial charge is 0.486 e. The first-order valence-electron chi connectivity index (χ1n) is 7.94. The number of benzene rings is 2. The molecule has 0 N–H and O–H groups in total. The van der Waals surface area contributed by atoms with Gasteiger partial charge in [-0.15, -0.1) is 22.0 Å². The van der Waals surface area contributed by atoms with Crippen LogP contribution >= 0.6 is 23.1 Å². The van der Waals surface area contributed by atoms with Crippen molar-refractivity contribution in [1.29, 1.82) is 0 Å². The fourth-order valence-corrected chi connectivity index (χ4v) is 3.91. The third-order valence-corrected chi connectivity index (χ3v) is 5.50. The summed E-state index contributed by atoms with van der Waals surface area (Å²) in [7, 11) is 0. The number of hydrogen-bond acceptors (Lipinski definition) is 8. The highest BCUT2D eigenvalue weighted by atomic mass is 32.2. The molecule has 0 bridgehead atoms. The number of non-ortho nitro benzene ring substituents is 1. The minimum atomic E-state index is -0.443. The molecule has 0 amide bonds. The Morgan fingerprint density at radius 2 is 1.89 bits per heavy atom. The molecule has 0 spiro atoms. The van der Waals surface area contributed by atoms with E-state index in [0.717, 1.165) is 15.7 Å². The molecule has 0 radical (unpaired) electrons. The van der Waals surface area contributed by atoms with E-state index in [1.165, 1.54) is 23.5 Å². The second-order valence-corrected chi connectivity index (χ2v) is 7.54. The fourth-order valence-electron chi connectivity index (χ4n) is 2.32. The van der Waals surface area contributed by atoms with Gasteiger partial charge in [-0.05, 0) is 24.3 Å². The minimum absolute atomic E-state index is 0.0294. The quantitative estimate of drug-likeness (QED) is 0.264. The van der Waals surface area contributed by atoms with Crippen LogP contribution in [-0.4, -0.2) is 24.7 Å². The van der Waals surface area contributed by atoms with Crippen molar-refractivity contribution < 1.29 is 9.66 Å². The van der Waals surface area contributed by atoms with Crippen LogP contribution in [0.2, 0.25) is 0 Å². The molecule has 4 aromatic rings. The lowest BCUT2D eigenvalue weighted by Gasteiger charge is -2.02. The molecule has 0 saturated carbocycles. The lowest BCUT2D eigenvalue weighted by atomic mass is 10.3. The number of ether oxygens (including phenoxy) is 1. The Morgan fingerprint density at radius 1 is 1.11 bits per heavy atom. The number of thioether (sulfide) groups is 1. The van der Waals surface area contributed by atoms with Crippen LogP contribution in [0.4, 0.5) is 5.69 Å². The SMILES string of the molecule is O=[N+]([O-])c1ccc(OCc2nn3c(CSc4ccccc4)nnc3s2)cc1. The van der Waals surface area contributed by atoms with Crippen molar-refractivity contribution >= 4 is 33.7 Å². The van der Waals surface area contributed by atoms with Crippen molar-refractivity contribution in [3.8, 4) is 5.75 Å². The van der Waals surface area contributed by atoms with Gasteiger partial charge in [0.2, 0.25) is 4.96 Å². The van der Waals surface area contributed by atoms with Gasteiger partial charge in [-0.3, -0.25) is 10.1 Å². The molecule has 2 aromatic carbocycles. The maximum absolute atomic E-state index is 10.7. The van der Waals surface area contributed by atoms with Crippen LogP contribution in [0.5, 0.6) is 5.75 Å². The van der Waals surface area contributed by atoms with E-state index >= 15 is 0 Å². The van der Waals surface area contributed by atoms with Crippen molar-refractivity contribution in [2.75, 3.05) is 0 Å². The van der Waals surface area contributed by atoms with Gasteiger partial charge in [0.05, 0.1) is 10.7 Å². The average Bonchev–Trinajstić information content (AvgIpc) is 3.26. The highest BCUT2D eigenvalue weighted by molar-refractivity contribution is 7.98. The molecular weight excluding hydrogens is 386 g/mol. The second kappa shape index (κ2) is 7.72. The van der Waals surface area contributed by atoms with Crippen LogP contribution < -0.4 is 4.74 Å². The number of aromatic nitrogens is 4. The Balaban J connectivity index is 1.41. The predicted molar refractivity (Wildman–Crippen MR) is 102 cm³/mol. The number of nitro benzene ring substituents is 1. The van der Waals surface area contributed by atoms with E-state index < -0.39 is 4.92 Å². The normalized spacial score (nSPS) is 11.0. The smallest absolute Gasteiger partial charge is 0.269 e. The van der Waals surface area contributed by atoms with Gasteiger partial charge in [0.15, 0.2) is 10.8 Å². The lowest BCUT2D eigenvalue weighted by molar-refractivity contribution is -0.384. The van der Waals surface area contributed by atoms with E-state index in [1.54, 1.807) is 28.4 Å². The second-order valence-electron chi connectivity index (χ2n) is 5.45. The fraction of sp³-hybridized carbons (Fsp3) is 0.118. The Kier molecular flexibility index (Phi) is 4.99. The van der Waals surface area contributed by atoms with Gasteiger partial charge in [0.1, 0.15) is 12.4 Å². The molecule has 8 nitrogen and oxygen atoms in total. The van der Waals surface area contributed by atoms with Gasteiger partial charge < -0.3 is 4.74 Å². The van der Waals surface area contributed by atoms with Crippen LogP contribution in [0.1, 0.15) is 10.8 Å². The molecule has 0 aliphatic carbocycles. The lowest BCUT2D eigenvalue weighted by Crippen LogP contribution is -1.99. The standard InChI is InChI=1S/C17H13N5O3S2/c23-22(24)12-6-8-13(9-7-12)25-10-16-20-21-15(18-19-17(21)27-16)11-26-14-4-2-1-3-5-14/h1-9H,10-11H2. The maximum atomic E-state index is 10.7. The van der Waals surface area contributed by atoms with E-state index in [9.17, 15) is 10.1 Å². The number of fused-ring (bicyclic) bond motifs is 1. The molecule has 2 heterocycles. The highest BCUT2D eigenvalue weighted by Crippen LogP contribution is 2.24. The van der Waals surface area contributed by atoms with Gasteiger partial charge in [0.25, 0.3) is 5.69 Å². The highest BCUT2D eigenvalue weighted by Gasteiger charge is 2.13. The summed E-state index contributed by atoms with van der Waals surface area (Å²) in [6.45, 7) is 0.261. The van der Waals surface area contributed by atoms with Crippen LogP contribution in [0.25, 0.3) is 4.96 Å². The summed E-state index contributed by atoms with van der Waals surface area (Å²) in [4.78, 5) is 12.1. The molecule has 27 heavy (non-hydrogen) atoms. The first-order valence-corrected chi connectivity index (χ1v) is 9.74. The van der Waals surface area contributed by atoms with Gasteiger partial charge in [-0.2, -0.15) is 9.61 Å². The average molecular weight is 399 g/mol. The van der Waals surface area contributed by atoms with Crippen molar-refractivity contribution in [2.24, 2.45) is 0 Å². The van der Waals surface area contributed by atoms with Crippen molar-refractivity contribution in [2.45, 2.75) is 17.3 Å². The molecule has 4 rings (SSSR count). The van der Waals surface area contributed by atoms with Crippen LogP contribution in [0, 0.1) is 10.1 Å². The zero-order valence-corrected chi connectivity index (χ0v) is 15.5. The molecule has 0 fully saturated rings. The van der Waals surface area contributed by atoms with Gasteiger partial charge in [-0.25, -0.2) is 0 Å². The van der Waals surface area contributed by atoms with Crippen LogP contribution in [0.15, 0.2) is 59.5 Å². The monoisotopic (exact) mass is 399 g/mol.